The average molecular weight is 291 g/mol. The molecule has 110 valence electrons. The van der Waals surface area contributed by atoms with Gasteiger partial charge in [-0.25, -0.2) is 0 Å². The minimum Gasteiger partial charge on any atom is -0.376 e. The number of anilines is 2. The summed E-state index contributed by atoms with van der Waals surface area (Å²) in [5.41, 5.74) is 3.59. The van der Waals surface area contributed by atoms with Crippen molar-refractivity contribution >= 4 is 17.3 Å². The molecule has 4 nitrogen and oxygen atoms in total. The first-order valence-corrected chi connectivity index (χ1v) is 7.33. The third-order valence-corrected chi connectivity index (χ3v) is 3.91. The first kappa shape index (κ1) is 14.2. The molecule has 1 atom stereocenters. The zero-order valence-electron chi connectivity index (χ0n) is 12.4. The van der Waals surface area contributed by atoms with E-state index < -0.39 is 0 Å². The molecule has 0 aromatic heterocycles. The minimum absolute atomic E-state index is 0.0415. The SMILES string of the molecule is C[C@H]1Cc2ccccc2N1C(=O)CNc1cccc(C#N)c1. The fraction of sp³-hybridized carbons (Fsp3) is 0.222. The van der Waals surface area contributed by atoms with Crippen molar-refractivity contribution in [3.05, 3.63) is 59.7 Å². The molecule has 2 aromatic rings. The van der Waals surface area contributed by atoms with Gasteiger partial charge in [0, 0.05) is 17.4 Å². The zero-order valence-corrected chi connectivity index (χ0v) is 12.4. The number of fused-ring (bicyclic) bond motifs is 1. The van der Waals surface area contributed by atoms with Crippen LogP contribution < -0.4 is 10.2 Å². The van der Waals surface area contributed by atoms with Crippen LogP contribution in [0, 0.1) is 11.3 Å². The highest BCUT2D eigenvalue weighted by Gasteiger charge is 2.30. The Labute approximate surface area is 130 Å². The number of carbonyl (C=O) groups is 1. The predicted octanol–water partition coefficient (Wildman–Crippen LogP) is 2.95. The maximum Gasteiger partial charge on any atom is 0.246 e. The Morgan fingerprint density at radius 2 is 2.14 bits per heavy atom. The Bertz CT molecular complexity index is 748. The standard InChI is InChI=1S/C18H17N3O/c1-13-9-15-6-2-3-8-17(15)21(13)18(22)12-20-16-7-4-5-14(10-16)11-19/h2-8,10,13,20H,9,12H2,1H3/t13-/m0/s1. The van der Waals surface area contributed by atoms with E-state index in [4.69, 9.17) is 5.26 Å². The Hall–Kier alpha value is -2.80. The molecule has 0 saturated heterocycles. The number of nitrogens with zero attached hydrogens (tertiary/aromatic N) is 2. The highest BCUT2D eigenvalue weighted by molar-refractivity contribution is 5.98. The van der Waals surface area contributed by atoms with E-state index in [0.717, 1.165) is 17.8 Å². The van der Waals surface area contributed by atoms with Crippen LogP contribution >= 0.6 is 0 Å². The third-order valence-electron chi connectivity index (χ3n) is 3.91. The van der Waals surface area contributed by atoms with E-state index in [1.807, 2.05) is 29.2 Å². The highest BCUT2D eigenvalue weighted by Crippen LogP contribution is 2.31. The molecular formula is C18H17N3O. The monoisotopic (exact) mass is 291 g/mol. The highest BCUT2D eigenvalue weighted by atomic mass is 16.2. The lowest BCUT2D eigenvalue weighted by molar-refractivity contribution is -0.117. The lowest BCUT2D eigenvalue weighted by atomic mass is 10.1. The maximum absolute atomic E-state index is 12.5. The van der Waals surface area contributed by atoms with Crippen LogP contribution in [0.3, 0.4) is 0 Å². The maximum atomic E-state index is 12.5. The molecule has 0 unspecified atom stereocenters. The lowest BCUT2D eigenvalue weighted by Gasteiger charge is -2.23. The second kappa shape index (κ2) is 5.90. The fourth-order valence-electron chi connectivity index (χ4n) is 2.91. The molecule has 3 rings (SSSR count). The van der Waals surface area contributed by atoms with Gasteiger partial charge >= 0.3 is 0 Å². The smallest absolute Gasteiger partial charge is 0.246 e. The van der Waals surface area contributed by atoms with Crippen molar-refractivity contribution in [2.24, 2.45) is 0 Å². The van der Waals surface area contributed by atoms with E-state index >= 15 is 0 Å². The molecule has 1 aliphatic heterocycles. The van der Waals surface area contributed by atoms with Crippen LogP contribution in [0.1, 0.15) is 18.1 Å². The van der Waals surface area contributed by atoms with Crippen molar-refractivity contribution in [3.63, 3.8) is 0 Å². The van der Waals surface area contributed by atoms with Gasteiger partial charge in [0.2, 0.25) is 5.91 Å². The molecule has 1 aliphatic rings. The van der Waals surface area contributed by atoms with Gasteiger partial charge in [-0.15, -0.1) is 0 Å². The minimum atomic E-state index is 0.0415. The van der Waals surface area contributed by atoms with Crippen LogP contribution in [0.5, 0.6) is 0 Å². The van der Waals surface area contributed by atoms with E-state index in [2.05, 4.69) is 24.4 Å². The molecule has 0 radical (unpaired) electrons. The van der Waals surface area contributed by atoms with Gasteiger partial charge in [-0.2, -0.15) is 5.26 Å². The summed E-state index contributed by atoms with van der Waals surface area (Å²) in [6.07, 6.45) is 0.895. The third kappa shape index (κ3) is 2.66. The average Bonchev–Trinajstić information content (AvgIpc) is 2.88. The van der Waals surface area contributed by atoms with Crippen LogP contribution in [0.15, 0.2) is 48.5 Å². The van der Waals surface area contributed by atoms with Gasteiger partial charge in [-0.05, 0) is 43.2 Å². The number of hydrogen-bond donors (Lipinski definition) is 1. The predicted molar refractivity (Wildman–Crippen MR) is 86.7 cm³/mol. The molecule has 1 N–H and O–H groups in total. The zero-order chi connectivity index (χ0) is 15.5. The van der Waals surface area contributed by atoms with Crippen molar-refractivity contribution < 1.29 is 4.79 Å². The second-order valence-corrected chi connectivity index (χ2v) is 5.49. The van der Waals surface area contributed by atoms with E-state index in [9.17, 15) is 4.79 Å². The quantitative estimate of drug-likeness (QED) is 0.946. The van der Waals surface area contributed by atoms with Gasteiger partial charge in [0.25, 0.3) is 0 Å². The molecule has 0 aliphatic carbocycles. The molecule has 0 bridgehead atoms. The molecule has 0 spiro atoms. The molecule has 0 fully saturated rings. The van der Waals surface area contributed by atoms with Crippen molar-refractivity contribution in [2.45, 2.75) is 19.4 Å². The van der Waals surface area contributed by atoms with Gasteiger partial charge in [-0.3, -0.25) is 4.79 Å². The van der Waals surface area contributed by atoms with Crippen molar-refractivity contribution in [2.75, 3.05) is 16.8 Å². The lowest BCUT2D eigenvalue weighted by Crippen LogP contribution is -2.39. The van der Waals surface area contributed by atoms with Crippen molar-refractivity contribution in [1.29, 1.82) is 5.26 Å². The Kier molecular flexibility index (Phi) is 3.80. The molecule has 1 amide bonds. The number of hydrogen-bond acceptors (Lipinski definition) is 3. The first-order chi connectivity index (χ1) is 10.7. The fourth-order valence-corrected chi connectivity index (χ4v) is 2.91. The first-order valence-electron chi connectivity index (χ1n) is 7.33. The van der Waals surface area contributed by atoms with Crippen LogP contribution in [0.4, 0.5) is 11.4 Å². The van der Waals surface area contributed by atoms with Crippen molar-refractivity contribution in [1.82, 2.24) is 0 Å². The van der Waals surface area contributed by atoms with E-state index in [-0.39, 0.29) is 18.5 Å². The van der Waals surface area contributed by atoms with E-state index in [1.165, 1.54) is 5.56 Å². The van der Waals surface area contributed by atoms with Crippen LogP contribution in [-0.2, 0) is 11.2 Å². The van der Waals surface area contributed by atoms with Gasteiger partial charge in [0.05, 0.1) is 18.2 Å². The summed E-state index contributed by atoms with van der Waals surface area (Å²) < 4.78 is 0. The Morgan fingerprint density at radius 3 is 2.95 bits per heavy atom. The topological polar surface area (TPSA) is 56.1 Å². The number of nitrogens with one attached hydrogen (secondary N) is 1. The second-order valence-electron chi connectivity index (χ2n) is 5.49. The Balaban J connectivity index is 1.71. The van der Waals surface area contributed by atoms with E-state index in [0.29, 0.717) is 5.56 Å². The summed E-state index contributed by atoms with van der Waals surface area (Å²) in [5.74, 6) is 0.0415. The molecule has 4 heteroatoms. The van der Waals surface area contributed by atoms with E-state index in [1.54, 1.807) is 18.2 Å². The molecule has 2 aromatic carbocycles. The number of benzene rings is 2. The summed E-state index contributed by atoms with van der Waals surface area (Å²) in [5, 5.41) is 12.0. The molecule has 22 heavy (non-hydrogen) atoms. The number of carbonyl (C=O) groups excluding carboxylic acids is 1. The van der Waals surface area contributed by atoms with Crippen molar-refractivity contribution in [3.8, 4) is 6.07 Å². The van der Waals surface area contributed by atoms with Gasteiger partial charge in [-0.1, -0.05) is 24.3 Å². The Morgan fingerprint density at radius 1 is 1.32 bits per heavy atom. The van der Waals surface area contributed by atoms with Gasteiger partial charge in [0.1, 0.15) is 0 Å². The largest absolute Gasteiger partial charge is 0.376 e. The van der Waals surface area contributed by atoms with Gasteiger partial charge < -0.3 is 10.2 Å². The van der Waals surface area contributed by atoms with Crippen LogP contribution in [-0.4, -0.2) is 18.5 Å². The molecular weight excluding hydrogens is 274 g/mol. The number of amides is 1. The summed E-state index contributed by atoms with van der Waals surface area (Å²) >= 11 is 0. The number of rotatable bonds is 3. The molecule has 1 heterocycles. The van der Waals surface area contributed by atoms with Crippen LogP contribution in [0.25, 0.3) is 0 Å². The summed E-state index contributed by atoms with van der Waals surface area (Å²) in [6, 6.07) is 17.5. The summed E-state index contributed by atoms with van der Waals surface area (Å²) in [6.45, 7) is 2.28. The summed E-state index contributed by atoms with van der Waals surface area (Å²) in [7, 11) is 0. The normalized spacial score (nSPS) is 16.0. The number of nitriles is 1. The van der Waals surface area contributed by atoms with Crippen LogP contribution in [0.2, 0.25) is 0 Å². The molecule has 0 saturated carbocycles. The van der Waals surface area contributed by atoms with Gasteiger partial charge in [0.15, 0.2) is 0 Å². The summed E-state index contributed by atoms with van der Waals surface area (Å²) in [4.78, 5) is 14.4. The number of para-hydroxylation sites is 1.